The number of nitrogens with two attached hydrogens (primary N) is 1. The Morgan fingerprint density at radius 3 is 2.43 bits per heavy atom. The second-order valence-electron chi connectivity index (χ2n) is 5.13. The summed E-state index contributed by atoms with van der Waals surface area (Å²) in [5.41, 5.74) is 7.82. The van der Waals surface area contributed by atoms with Gasteiger partial charge in [-0.2, -0.15) is 5.10 Å². The largest absolute Gasteiger partial charge is 0.467 e. The van der Waals surface area contributed by atoms with Crippen LogP contribution >= 0.6 is 12.4 Å². The van der Waals surface area contributed by atoms with Crippen LogP contribution < -0.4 is 5.73 Å². The van der Waals surface area contributed by atoms with Gasteiger partial charge in [0, 0.05) is 18.3 Å². The lowest BCUT2D eigenvalue weighted by Crippen LogP contribution is -2.37. The van der Waals surface area contributed by atoms with Gasteiger partial charge in [-0.15, -0.1) is 12.4 Å². The maximum atomic E-state index is 11.8. The first-order chi connectivity index (χ1) is 9.48. The summed E-state index contributed by atoms with van der Waals surface area (Å²) in [6.45, 7) is 4.06. The predicted molar refractivity (Wildman–Crippen MR) is 84.1 cm³/mol. The summed E-state index contributed by atoms with van der Waals surface area (Å²) < 4.78 is 6.42. The highest BCUT2D eigenvalue weighted by molar-refractivity contribution is 5.85. The van der Waals surface area contributed by atoms with Gasteiger partial charge >= 0.3 is 5.97 Å². The van der Waals surface area contributed by atoms with Crippen molar-refractivity contribution in [1.29, 1.82) is 0 Å². The second kappa shape index (κ2) is 6.74. The van der Waals surface area contributed by atoms with Crippen LogP contribution in [0.3, 0.4) is 0 Å². The SMILES string of the molecule is COC(=O)C(C)(C)n1cc(-c2ccc(CN)cc2)cn1.Cl. The molecule has 1 heterocycles. The summed E-state index contributed by atoms with van der Waals surface area (Å²) in [5, 5.41) is 4.27. The third-order valence-electron chi connectivity index (χ3n) is 3.36. The molecule has 114 valence electrons. The van der Waals surface area contributed by atoms with E-state index in [1.54, 1.807) is 24.7 Å². The van der Waals surface area contributed by atoms with Gasteiger partial charge in [-0.3, -0.25) is 4.68 Å². The number of hydrogen-bond acceptors (Lipinski definition) is 4. The van der Waals surface area contributed by atoms with Crippen molar-refractivity contribution in [2.45, 2.75) is 25.9 Å². The summed E-state index contributed by atoms with van der Waals surface area (Å²) in [6, 6.07) is 7.96. The fraction of sp³-hybridized carbons (Fsp3) is 0.333. The van der Waals surface area contributed by atoms with Crippen LogP contribution in [0.15, 0.2) is 36.7 Å². The summed E-state index contributed by atoms with van der Waals surface area (Å²) in [7, 11) is 1.38. The monoisotopic (exact) mass is 309 g/mol. The van der Waals surface area contributed by atoms with E-state index in [0.717, 1.165) is 16.7 Å². The summed E-state index contributed by atoms with van der Waals surface area (Å²) in [4.78, 5) is 11.8. The third kappa shape index (κ3) is 3.43. The van der Waals surface area contributed by atoms with Crippen molar-refractivity contribution in [3.63, 3.8) is 0 Å². The van der Waals surface area contributed by atoms with Crippen LogP contribution in [0, 0.1) is 0 Å². The molecule has 1 aromatic heterocycles. The lowest BCUT2D eigenvalue weighted by atomic mass is 10.1. The molecule has 0 bridgehead atoms. The molecule has 0 spiro atoms. The molecule has 0 fully saturated rings. The van der Waals surface area contributed by atoms with Crippen molar-refractivity contribution in [3.8, 4) is 11.1 Å². The van der Waals surface area contributed by atoms with E-state index < -0.39 is 5.54 Å². The van der Waals surface area contributed by atoms with Crippen molar-refractivity contribution in [2.75, 3.05) is 7.11 Å². The Kier molecular flexibility index (Phi) is 5.52. The Bertz CT molecular complexity index is 606. The van der Waals surface area contributed by atoms with Gasteiger partial charge in [-0.05, 0) is 25.0 Å². The maximum Gasteiger partial charge on any atom is 0.333 e. The fourth-order valence-electron chi connectivity index (χ4n) is 1.95. The number of methoxy groups -OCH3 is 1. The molecule has 0 amide bonds. The standard InChI is InChI=1S/C15H19N3O2.ClH/c1-15(2,14(19)20-3)18-10-13(9-17-18)12-6-4-11(8-16)5-7-12;/h4-7,9-10H,8,16H2,1-3H3;1H. The first-order valence-corrected chi connectivity index (χ1v) is 6.42. The zero-order valence-electron chi connectivity index (χ0n) is 12.4. The molecule has 0 unspecified atom stereocenters. The maximum absolute atomic E-state index is 11.8. The van der Waals surface area contributed by atoms with Crippen molar-refractivity contribution in [1.82, 2.24) is 9.78 Å². The van der Waals surface area contributed by atoms with Gasteiger partial charge in [0.05, 0.1) is 13.3 Å². The quantitative estimate of drug-likeness (QED) is 0.880. The number of ether oxygens (including phenoxy) is 1. The second-order valence-corrected chi connectivity index (χ2v) is 5.13. The van der Waals surface area contributed by atoms with Gasteiger partial charge in [0.15, 0.2) is 5.54 Å². The molecule has 0 aliphatic carbocycles. The van der Waals surface area contributed by atoms with Crippen LogP contribution in [0.1, 0.15) is 19.4 Å². The highest BCUT2D eigenvalue weighted by atomic mass is 35.5. The lowest BCUT2D eigenvalue weighted by Gasteiger charge is -2.21. The molecule has 0 atom stereocenters. The van der Waals surface area contributed by atoms with Crippen LogP contribution in [-0.4, -0.2) is 22.9 Å². The number of carbonyl (C=O) groups excluding carboxylic acids is 1. The highest BCUT2D eigenvalue weighted by Crippen LogP contribution is 2.23. The average Bonchev–Trinajstić information content (AvgIpc) is 2.97. The van der Waals surface area contributed by atoms with Gasteiger partial charge < -0.3 is 10.5 Å². The van der Waals surface area contributed by atoms with Gasteiger partial charge in [0.25, 0.3) is 0 Å². The Balaban J connectivity index is 0.00000220. The summed E-state index contributed by atoms with van der Waals surface area (Å²) >= 11 is 0. The first-order valence-electron chi connectivity index (χ1n) is 6.42. The molecule has 1 aromatic carbocycles. The molecule has 0 saturated carbocycles. The molecule has 0 aliphatic rings. The van der Waals surface area contributed by atoms with E-state index in [4.69, 9.17) is 10.5 Å². The van der Waals surface area contributed by atoms with Crippen molar-refractivity contribution >= 4 is 18.4 Å². The fourth-order valence-corrected chi connectivity index (χ4v) is 1.95. The molecular weight excluding hydrogens is 290 g/mol. The molecular formula is C15H20ClN3O2. The molecule has 21 heavy (non-hydrogen) atoms. The van der Waals surface area contributed by atoms with E-state index in [1.807, 2.05) is 30.5 Å². The van der Waals surface area contributed by atoms with Gasteiger partial charge in [-0.1, -0.05) is 24.3 Å². The van der Waals surface area contributed by atoms with Crippen LogP contribution in [0.4, 0.5) is 0 Å². The molecule has 6 heteroatoms. The zero-order chi connectivity index (χ0) is 14.8. The Hall–Kier alpha value is -1.85. The number of nitrogens with zero attached hydrogens (tertiary/aromatic N) is 2. The molecule has 2 aromatic rings. The lowest BCUT2D eigenvalue weighted by molar-refractivity contribution is -0.150. The van der Waals surface area contributed by atoms with E-state index in [0.29, 0.717) is 6.54 Å². The van der Waals surface area contributed by atoms with Crippen LogP contribution in [0.5, 0.6) is 0 Å². The van der Waals surface area contributed by atoms with Gasteiger partial charge in [0.2, 0.25) is 0 Å². The van der Waals surface area contributed by atoms with Crippen molar-refractivity contribution < 1.29 is 9.53 Å². The number of hydrogen-bond donors (Lipinski definition) is 1. The molecule has 0 saturated heterocycles. The molecule has 2 rings (SSSR count). The highest BCUT2D eigenvalue weighted by Gasteiger charge is 2.31. The summed E-state index contributed by atoms with van der Waals surface area (Å²) in [5.74, 6) is -0.328. The van der Waals surface area contributed by atoms with Crippen molar-refractivity contribution in [2.24, 2.45) is 5.73 Å². The molecule has 5 nitrogen and oxygen atoms in total. The number of aromatic nitrogens is 2. The Morgan fingerprint density at radius 2 is 1.90 bits per heavy atom. The molecule has 0 radical (unpaired) electrons. The van der Waals surface area contributed by atoms with E-state index in [9.17, 15) is 4.79 Å². The van der Waals surface area contributed by atoms with Crippen LogP contribution in [0.2, 0.25) is 0 Å². The third-order valence-corrected chi connectivity index (χ3v) is 3.36. The minimum atomic E-state index is -0.829. The number of esters is 1. The predicted octanol–water partition coefficient (Wildman–Crippen LogP) is 2.34. The normalized spacial score (nSPS) is 10.9. The van der Waals surface area contributed by atoms with Crippen LogP contribution in [-0.2, 0) is 21.6 Å². The molecule has 2 N–H and O–H groups in total. The number of benzene rings is 1. The Labute approximate surface area is 130 Å². The van der Waals surface area contributed by atoms with E-state index in [-0.39, 0.29) is 18.4 Å². The van der Waals surface area contributed by atoms with E-state index in [2.05, 4.69) is 5.10 Å². The number of carbonyl (C=O) groups is 1. The topological polar surface area (TPSA) is 70.1 Å². The van der Waals surface area contributed by atoms with Gasteiger partial charge in [0.1, 0.15) is 0 Å². The van der Waals surface area contributed by atoms with E-state index >= 15 is 0 Å². The smallest absolute Gasteiger partial charge is 0.333 e. The van der Waals surface area contributed by atoms with E-state index in [1.165, 1.54) is 7.11 Å². The summed E-state index contributed by atoms with van der Waals surface area (Å²) in [6.07, 6.45) is 3.58. The van der Waals surface area contributed by atoms with Gasteiger partial charge in [-0.25, -0.2) is 4.79 Å². The number of rotatable bonds is 4. The number of halogens is 1. The minimum absolute atomic E-state index is 0. The molecule has 0 aliphatic heterocycles. The van der Waals surface area contributed by atoms with Crippen molar-refractivity contribution in [3.05, 3.63) is 42.2 Å². The first kappa shape index (κ1) is 17.2. The minimum Gasteiger partial charge on any atom is -0.467 e. The average molecular weight is 310 g/mol. The Morgan fingerprint density at radius 1 is 1.29 bits per heavy atom. The van der Waals surface area contributed by atoms with Crippen LogP contribution in [0.25, 0.3) is 11.1 Å². The zero-order valence-corrected chi connectivity index (χ0v) is 13.2.